The van der Waals surface area contributed by atoms with E-state index in [0.717, 1.165) is 22.3 Å². The number of hydrogen-bond acceptors (Lipinski definition) is 4. The molecule has 2 heterocycles. The fourth-order valence-corrected chi connectivity index (χ4v) is 3.30. The predicted molar refractivity (Wildman–Crippen MR) is 84.7 cm³/mol. The first-order valence-corrected chi connectivity index (χ1v) is 7.95. The van der Waals surface area contributed by atoms with Crippen molar-refractivity contribution in [1.82, 2.24) is 15.0 Å². The summed E-state index contributed by atoms with van der Waals surface area (Å²) in [5.41, 5.74) is 4.55. The van der Waals surface area contributed by atoms with Crippen molar-refractivity contribution in [3.05, 3.63) is 47.7 Å². The van der Waals surface area contributed by atoms with Crippen molar-refractivity contribution >= 4 is 28.0 Å². The number of hydrogen-bond donors (Lipinski definition) is 2. The Morgan fingerprint density at radius 2 is 2.19 bits per heavy atom. The van der Waals surface area contributed by atoms with Gasteiger partial charge in [-0.05, 0) is 31.2 Å². The lowest BCUT2D eigenvalue weighted by Crippen LogP contribution is -2.09. The summed E-state index contributed by atoms with van der Waals surface area (Å²) in [6, 6.07) is 9.78. The molecule has 1 atom stereocenters. The van der Waals surface area contributed by atoms with Gasteiger partial charge in [0.1, 0.15) is 5.75 Å². The predicted octanol–water partition coefficient (Wildman–Crippen LogP) is 2.62. The number of rotatable bonds is 4. The molecule has 3 aromatic rings. The van der Waals surface area contributed by atoms with Crippen LogP contribution in [-0.2, 0) is 16.9 Å². The molecule has 0 aliphatic carbocycles. The molecule has 0 saturated carbocycles. The molecule has 5 nitrogen and oxygen atoms in total. The van der Waals surface area contributed by atoms with Crippen molar-refractivity contribution in [2.24, 2.45) is 0 Å². The van der Waals surface area contributed by atoms with E-state index in [9.17, 15) is 4.55 Å². The number of nitrogens with zero attached hydrogens (tertiary/aromatic N) is 2. The number of imidazole rings is 1. The molecular formula is C15H16N4OS. The number of anilines is 1. The van der Waals surface area contributed by atoms with Crippen LogP contribution < -0.4 is 5.32 Å². The van der Waals surface area contributed by atoms with E-state index < -0.39 is 11.2 Å². The highest BCUT2D eigenvalue weighted by Crippen LogP contribution is 2.23. The van der Waals surface area contributed by atoms with Gasteiger partial charge >= 0.3 is 5.16 Å². The first-order valence-electron chi connectivity index (χ1n) is 6.64. The molecule has 21 heavy (non-hydrogen) atoms. The number of pyridine rings is 1. The SMILES string of the molecule is CNc1ccc(C)cc1C[S+]([O-])c1nc2ncccc2[nH]1. The first-order chi connectivity index (χ1) is 10.2. The van der Waals surface area contributed by atoms with Gasteiger partial charge in [0.25, 0.3) is 0 Å². The molecule has 0 bridgehead atoms. The first kappa shape index (κ1) is 13.9. The standard InChI is InChI=1S/C15H16N4OS/c1-10-5-6-12(16-2)11(8-10)9-21(20)15-18-13-4-3-7-17-14(13)19-15/h3-8,16H,9H2,1-2H3,(H,17,18,19). The van der Waals surface area contributed by atoms with Gasteiger partial charge in [-0.25, -0.2) is 4.98 Å². The summed E-state index contributed by atoms with van der Waals surface area (Å²) in [6.45, 7) is 2.02. The van der Waals surface area contributed by atoms with Gasteiger partial charge in [0, 0.05) is 35.7 Å². The van der Waals surface area contributed by atoms with Crippen molar-refractivity contribution < 1.29 is 4.55 Å². The van der Waals surface area contributed by atoms with E-state index in [4.69, 9.17) is 0 Å². The number of benzene rings is 1. The molecule has 0 amide bonds. The van der Waals surface area contributed by atoms with Gasteiger partial charge in [-0.15, -0.1) is 0 Å². The number of aryl methyl sites for hydroxylation is 1. The molecular weight excluding hydrogens is 284 g/mol. The van der Waals surface area contributed by atoms with Crippen molar-refractivity contribution in [2.75, 3.05) is 12.4 Å². The van der Waals surface area contributed by atoms with Crippen molar-refractivity contribution in [3.8, 4) is 0 Å². The zero-order chi connectivity index (χ0) is 14.8. The Bertz CT molecular complexity index is 738. The molecule has 0 aliphatic heterocycles. The maximum Gasteiger partial charge on any atom is 0.323 e. The van der Waals surface area contributed by atoms with Crippen molar-refractivity contribution in [3.63, 3.8) is 0 Å². The number of fused-ring (bicyclic) bond motifs is 1. The van der Waals surface area contributed by atoms with E-state index in [0.29, 0.717) is 16.6 Å². The topological polar surface area (TPSA) is 76.7 Å². The van der Waals surface area contributed by atoms with Crippen LogP contribution in [0.15, 0.2) is 41.7 Å². The highest BCUT2D eigenvalue weighted by Gasteiger charge is 2.19. The van der Waals surface area contributed by atoms with Crippen LogP contribution >= 0.6 is 0 Å². The van der Waals surface area contributed by atoms with Gasteiger partial charge in [0.15, 0.2) is 5.65 Å². The fraction of sp³-hybridized carbons (Fsp3) is 0.200. The minimum Gasteiger partial charge on any atom is -0.609 e. The molecule has 1 unspecified atom stereocenters. The van der Waals surface area contributed by atoms with Crippen molar-refractivity contribution in [2.45, 2.75) is 17.8 Å². The lowest BCUT2D eigenvalue weighted by molar-refractivity contribution is 0.587. The fourth-order valence-electron chi connectivity index (χ4n) is 2.23. The average molecular weight is 300 g/mol. The molecule has 2 N–H and O–H groups in total. The number of aromatic nitrogens is 3. The van der Waals surface area contributed by atoms with E-state index >= 15 is 0 Å². The lowest BCUT2D eigenvalue weighted by Gasteiger charge is -2.12. The van der Waals surface area contributed by atoms with Crippen LogP contribution in [0.5, 0.6) is 0 Å². The molecule has 2 aromatic heterocycles. The number of aromatic amines is 1. The van der Waals surface area contributed by atoms with E-state index in [1.807, 2.05) is 44.3 Å². The smallest absolute Gasteiger partial charge is 0.323 e. The lowest BCUT2D eigenvalue weighted by atomic mass is 10.1. The molecule has 3 rings (SSSR count). The number of nitrogens with one attached hydrogen (secondary N) is 2. The summed E-state index contributed by atoms with van der Waals surface area (Å²) in [5, 5.41) is 3.59. The second kappa shape index (κ2) is 5.75. The third-order valence-corrected chi connectivity index (χ3v) is 4.47. The maximum absolute atomic E-state index is 12.5. The Morgan fingerprint density at radius 3 is 2.95 bits per heavy atom. The van der Waals surface area contributed by atoms with Crippen LogP contribution in [0.2, 0.25) is 0 Å². The highest BCUT2D eigenvalue weighted by molar-refractivity contribution is 7.90. The second-order valence-electron chi connectivity index (χ2n) is 4.82. The van der Waals surface area contributed by atoms with Crippen LogP contribution in [0.1, 0.15) is 11.1 Å². The normalized spacial score (nSPS) is 12.5. The monoisotopic (exact) mass is 300 g/mol. The largest absolute Gasteiger partial charge is 0.609 e. The average Bonchev–Trinajstić information content (AvgIpc) is 2.91. The molecule has 108 valence electrons. The quantitative estimate of drug-likeness (QED) is 0.726. The van der Waals surface area contributed by atoms with E-state index in [1.54, 1.807) is 6.20 Å². The minimum absolute atomic E-state index is 0.414. The summed E-state index contributed by atoms with van der Waals surface area (Å²) in [6.07, 6.45) is 1.68. The van der Waals surface area contributed by atoms with Gasteiger partial charge < -0.3 is 9.87 Å². The Balaban J connectivity index is 1.89. The maximum atomic E-state index is 12.5. The van der Waals surface area contributed by atoms with Gasteiger partial charge in [-0.3, -0.25) is 4.98 Å². The molecule has 0 saturated heterocycles. The van der Waals surface area contributed by atoms with Gasteiger partial charge in [-0.1, -0.05) is 11.6 Å². The van der Waals surface area contributed by atoms with Crippen molar-refractivity contribution in [1.29, 1.82) is 0 Å². The Hall–Kier alpha value is -2.05. The molecule has 1 aromatic carbocycles. The summed E-state index contributed by atoms with van der Waals surface area (Å²) in [5.74, 6) is 0.414. The van der Waals surface area contributed by atoms with Gasteiger partial charge in [0.05, 0.1) is 5.52 Å². The molecule has 0 aliphatic rings. The summed E-state index contributed by atoms with van der Waals surface area (Å²) < 4.78 is 12.5. The Kier molecular flexibility index (Phi) is 3.81. The van der Waals surface area contributed by atoms with Crippen LogP contribution in [0.4, 0.5) is 5.69 Å². The number of H-pyrrole nitrogens is 1. The van der Waals surface area contributed by atoms with Gasteiger partial charge in [0.2, 0.25) is 0 Å². The Morgan fingerprint density at radius 1 is 1.33 bits per heavy atom. The molecule has 6 heteroatoms. The van der Waals surface area contributed by atoms with Crippen LogP contribution in [0, 0.1) is 6.92 Å². The van der Waals surface area contributed by atoms with Crippen LogP contribution in [0.3, 0.4) is 0 Å². The molecule has 0 spiro atoms. The van der Waals surface area contributed by atoms with E-state index in [1.165, 1.54) is 0 Å². The van der Waals surface area contributed by atoms with E-state index in [-0.39, 0.29) is 0 Å². The summed E-state index contributed by atoms with van der Waals surface area (Å²) in [7, 11) is 1.86. The minimum atomic E-state index is -1.23. The second-order valence-corrected chi connectivity index (χ2v) is 6.18. The molecule has 0 fully saturated rings. The third kappa shape index (κ3) is 2.86. The highest BCUT2D eigenvalue weighted by atomic mass is 32.2. The zero-order valence-corrected chi connectivity index (χ0v) is 12.7. The zero-order valence-electron chi connectivity index (χ0n) is 11.9. The third-order valence-electron chi connectivity index (χ3n) is 3.27. The van der Waals surface area contributed by atoms with E-state index in [2.05, 4.69) is 20.3 Å². The van der Waals surface area contributed by atoms with Crippen LogP contribution in [-0.4, -0.2) is 26.6 Å². The summed E-state index contributed by atoms with van der Waals surface area (Å²) >= 11 is -1.23. The summed E-state index contributed by atoms with van der Waals surface area (Å²) in [4.78, 5) is 11.5. The van der Waals surface area contributed by atoms with Crippen LogP contribution in [0.25, 0.3) is 11.2 Å². The van der Waals surface area contributed by atoms with Gasteiger partial charge in [-0.2, -0.15) is 4.98 Å². The molecule has 0 radical (unpaired) electrons. The Labute approximate surface area is 126 Å².